The van der Waals surface area contributed by atoms with E-state index in [0.717, 1.165) is 25.6 Å². The minimum Gasteiger partial charge on any atom is -0.385 e. The molecule has 4 N–H and O–H groups in total. The van der Waals surface area contributed by atoms with Gasteiger partial charge < -0.3 is 26.3 Å². The van der Waals surface area contributed by atoms with Gasteiger partial charge in [-0.3, -0.25) is 9.59 Å². The molecule has 2 heterocycles. The number of rotatable bonds is 9. The van der Waals surface area contributed by atoms with Crippen molar-refractivity contribution in [3.8, 4) is 0 Å². The Morgan fingerprint density at radius 3 is 2.89 bits per heavy atom. The average Bonchev–Trinajstić information content (AvgIpc) is 2.70. The molecule has 0 saturated carbocycles. The highest BCUT2D eigenvalue weighted by atomic mass is 16.2. The van der Waals surface area contributed by atoms with Crippen LogP contribution in [-0.4, -0.2) is 58.4 Å². The zero-order valence-electron chi connectivity index (χ0n) is 16.2. The van der Waals surface area contributed by atoms with E-state index in [1.807, 2.05) is 13.8 Å². The summed E-state index contributed by atoms with van der Waals surface area (Å²) >= 11 is 0. The van der Waals surface area contributed by atoms with Crippen LogP contribution in [0, 0.1) is 5.41 Å². The van der Waals surface area contributed by atoms with Gasteiger partial charge in [-0.15, -0.1) is 0 Å². The largest absolute Gasteiger partial charge is 0.385 e. The van der Waals surface area contributed by atoms with Crippen LogP contribution in [0.5, 0.6) is 0 Å². The number of carbonyl (C=O) groups is 2. The fourth-order valence-corrected chi connectivity index (χ4v) is 2.82. The van der Waals surface area contributed by atoms with Crippen LogP contribution in [0.3, 0.4) is 0 Å². The van der Waals surface area contributed by atoms with E-state index in [-0.39, 0.29) is 23.9 Å². The van der Waals surface area contributed by atoms with Gasteiger partial charge in [0.25, 0.3) is 0 Å². The number of nitrogens with zero attached hydrogens (tertiary/aromatic N) is 3. The van der Waals surface area contributed by atoms with Gasteiger partial charge in [-0.25, -0.2) is 4.98 Å². The van der Waals surface area contributed by atoms with E-state index < -0.39 is 0 Å². The second-order valence-corrected chi connectivity index (χ2v) is 6.78. The molecule has 1 unspecified atom stereocenters. The monoisotopic (exact) mass is 385 g/mol. The molecule has 9 heteroatoms. The van der Waals surface area contributed by atoms with Crippen LogP contribution in [0.4, 0.5) is 11.8 Å². The number of piperidine rings is 1. The molecule has 150 valence electrons. The lowest BCUT2D eigenvalue weighted by Gasteiger charge is -2.32. The van der Waals surface area contributed by atoms with Crippen molar-refractivity contribution in [3.05, 3.63) is 36.3 Å². The Balaban J connectivity index is 2.05. The molecule has 1 saturated heterocycles. The highest BCUT2D eigenvalue weighted by molar-refractivity contribution is 5.87. The molecule has 0 radical (unpaired) electrons. The highest BCUT2D eigenvalue weighted by Crippen LogP contribution is 2.14. The lowest BCUT2D eigenvalue weighted by Crippen LogP contribution is -2.46. The van der Waals surface area contributed by atoms with Crippen LogP contribution in [0.25, 0.3) is 0 Å². The van der Waals surface area contributed by atoms with Crippen molar-refractivity contribution in [2.75, 3.05) is 23.7 Å². The topological polar surface area (TPSA) is 123 Å². The molecule has 0 spiro atoms. The van der Waals surface area contributed by atoms with Crippen LogP contribution in [0.15, 0.2) is 30.7 Å². The highest BCUT2D eigenvalue weighted by Gasteiger charge is 2.21. The molecule has 0 bridgehead atoms. The van der Waals surface area contributed by atoms with Crippen LogP contribution in [0.2, 0.25) is 0 Å². The minimum atomic E-state index is -0.0743. The SMILES string of the molecule is C=CC(=O)N1CCCC(N/C=C(\C=N)Nc2ncc(C=O)c(NC(C)C)n2)C1. The third-order valence-corrected chi connectivity index (χ3v) is 4.16. The van der Waals surface area contributed by atoms with Crippen LogP contribution in [-0.2, 0) is 4.79 Å². The number of carbonyl (C=O) groups excluding carboxylic acids is 2. The number of likely N-dealkylation sites (tertiary alicyclic amines) is 1. The summed E-state index contributed by atoms with van der Waals surface area (Å²) in [6, 6.07) is 0.194. The molecule has 1 atom stereocenters. The quantitative estimate of drug-likeness (QED) is 0.290. The first kappa shape index (κ1) is 21.1. The number of hydrogen-bond acceptors (Lipinski definition) is 8. The van der Waals surface area contributed by atoms with E-state index in [9.17, 15) is 9.59 Å². The van der Waals surface area contributed by atoms with E-state index in [1.54, 1.807) is 11.1 Å². The first-order valence-corrected chi connectivity index (χ1v) is 9.20. The van der Waals surface area contributed by atoms with Gasteiger partial charge in [0.2, 0.25) is 11.9 Å². The van der Waals surface area contributed by atoms with Crippen molar-refractivity contribution >= 4 is 30.2 Å². The van der Waals surface area contributed by atoms with Gasteiger partial charge >= 0.3 is 0 Å². The van der Waals surface area contributed by atoms with Gasteiger partial charge in [0.05, 0.1) is 11.3 Å². The molecule has 28 heavy (non-hydrogen) atoms. The van der Waals surface area contributed by atoms with Gasteiger partial charge in [-0.05, 0) is 32.8 Å². The number of hydrogen-bond donors (Lipinski definition) is 4. The first-order chi connectivity index (χ1) is 13.5. The van der Waals surface area contributed by atoms with E-state index in [2.05, 4.69) is 32.5 Å². The molecule has 1 amide bonds. The maximum absolute atomic E-state index is 11.8. The predicted molar refractivity (Wildman–Crippen MR) is 110 cm³/mol. The fourth-order valence-electron chi connectivity index (χ4n) is 2.82. The Hall–Kier alpha value is -3.23. The molecule has 1 aliphatic rings. The lowest BCUT2D eigenvalue weighted by molar-refractivity contribution is -0.127. The molecule has 1 aromatic heterocycles. The van der Waals surface area contributed by atoms with Gasteiger partial charge in [0.15, 0.2) is 6.29 Å². The fraction of sp³-hybridized carbons (Fsp3) is 0.421. The van der Waals surface area contributed by atoms with Crippen molar-refractivity contribution in [1.82, 2.24) is 20.2 Å². The molecule has 0 aromatic carbocycles. The van der Waals surface area contributed by atoms with E-state index in [0.29, 0.717) is 29.9 Å². The maximum Gasteiger partial charge on any atom is 0.246 e. The van der Waals surface area contributed by atoms with Crippen LogP contribution in [0.1, 0.15) is 37.0 Å². The smallest absolute Gasteiger partial charge is 0.246 e. The minimum absolute atomic E-state index is 0.0743. The van der Waals surface area contributed by atoms with Crippen molar-refractivity contribution < 1.29 is 9.59 Å². The number of amides is 1. The number of aldehydes is 1. The van der Waals surface area contributed by atoms with Crippen molar-refractivity contribution in [1.29, 1.82) is 5.41 Å². The second kappa shape index (κ2) is 10.2. The Morgan fingerprint density at radius 2 is 2.25 bits per heavy atom. The molecule has 2 rings (SSSR count). The average molecular weight is 385 g/mol. The normalized spacial score (nSPS) is 17.0. The maximum atomic E-state index is 11.8. The summed E-state index contributed by atoms with van der Waals surface area (Å²) in [4.78, 5) is 33.1. The van der Waals surface area contributed by atoms with Crippen molar-refractivity contribution in [2.45, 2.75) is 38.8 Å². The Bertz CT molecular complexity index is 761. The predicted octanol–water partition coefficient (Wildman–Crippen LogP) is 1.78. The summed E-state index contributed by atoms with van der Waals surface area (Å²) in [5, 5.41) is 16.9. The van der Waals surface area contributed by atoms with E-state index in [4.69, 9.17) is 5.41 Å². The second-order valence-electron chi connectivity index (χ2n) is 6.78. The third kappa shape index (κ3) is 5.90. The van der Waals surface area contributed by atoms with Gasteiger partial charge in [-0.1, -0.05) is 6.58 Å². The summed E-state index contributed by atoms with van der Waals surface area (Å²) < 4.78 is 0. The summed E-state index contributed by atoms with van der Waals surface area (Å²) in [6.45, 7) is 8.73. The Morgan fingerprint density at radius 1 is 1.46 bits per heavy atom. The van der Waals surface area contributed by atoms with Crippen molar-refractivity contribution in [2.24, 2.45) is 0 Å². The number of nitrogens with one attached hydrogen (secondary N) is 4. The number of allylic oxidation sites excluding steroid dienone is 1. The Labute approximate surface area is 164 Å². The zero-order valence-corrected chi connectivity index (χ0v) is 16.2. The zero-order chi connectivity index (χ0) is 20.5. The third-order valence-electron chi connectivity index (χ3n) is 4.16. The molecule has 1 fully saturated rings. The number of aromatic nitrogens is 2. The first-order valence-electron chi connectivity index (χ1n) is 9.20. The van der Waals surface area contributed by atoms with Gasteiger partial charge in [-0.2, -0.15) is 4.98 Å². The molecule has 0 aliphatic carbocycles. The molecular formula is C19H27N7O2. The van der Waals surface area contributed by atoms with Crippen LogP contribution >= 0.6 is 0 Å². The summed E-state index contributed by atoms with van der Waals surface area (Å²) in [7, 11) is 0. The number of anilines is 2. The standard InChI is InChI=1S/C19H27N7O2/c1-4-17(28)26-7-5-6-15(11-26)21-10-16(8-20)24-19-22-9-14(12-27)18(25-19)23-13(2)3/h4,8-10,12-13,15,20-21H,1,5-7,11H2,2-3H3,(H2,22,23,24,25)/b16-10+,20-8?. The molecule has 9 nitrogen and oxygen atoms in total. The van der Waals surface area contributed by atoms with Gasteiger partial charge in [0.1, 0.15) is 5.82 Å². The van der Waals surface area contributed by atoms with Gasteiger partial charge in [0, 0.05) is 43.8 Å². The molecule has 1 aromatic rings. The molecular weight excluding hydrogens is 358 g/mol. The summed E-state index contributed by atoms with van der Waals surface area (Å²) in [5.74, 6) is 0.637. The lowest BCUT2D eigenvalue weighted by atomic mass is 10.1. The van der Waals surface area contributed by atoms with E-state index >= 15 is 0 Å². The van der Waals surface area contributed by atoms with Crippen LogP contribution < -0.4 is 16.0 Å². The Kier molecular flexibility index (Phi) is 7.67. The summed E-state index contributed by atoms with van der Waals surface area (Å²) in [6.07, 6.45) is 8.10. The summed E-state index contributed by atoms with van der Waals surface area (Å²) in [5.41, 5.74) is 0.827. The van der Waals surface area contributed by atoms with Crippen molar-refractivity contribution in [3.63, 3.8) is 0 Å². The van der Waals surface area contributed by atoms with E-state index in [1.165, 1.54) is 12.3 Å². The molecule has 1 aliphatic heterocycles.